The molecule has 1 aliphatic carbocycles. The maximum absolute atomic E-state index is 13.7. The second-order valence-electron chi connectivity index (χ2n) is 15.5. The van der Waals surface area contributed by atoms with Gasteiger partial charge in [0.25, 0.3) is 0 Å². The van der Waals surface area contributed by atoms with Crippen molar-refractivity contribution in [2.24, 2.45) is 11.3 Å². The van der Waals surface area contributed by atoms with E-state index >= 15 is 0 Å². The topological polar surface area (TPSA) is 95.9 Å². The number of carbonyl (C=O) groups is 2. The van der Waals surface area contributed by atoms with Gasteiger partial charge in [-0.2, -0.15) is 13.2 Å². The molecule has 0 saturated heterocycles. The zero-order valence-corrected chi connectivity index (χ0v) is 35.4. The zero-order chi connectivity index (χ0) is 42.3. The third-order valence-corrected chi connectivity index (χ3v) is 11.8. The third-order valence-electron chi connectivity index (χ3n) is 10.8. The molecule has 1 fully saturated rings. The Morgan fingerprint density at radius 3 is 2.26 bits per heavy atom. The van der Waals surface area contributed by atoms with Gasteiger partial charge in [-0.25, -0.2) is 4.39 Å². The van der Waals surface area contributed by atoms with Crippen LogP contribution >= 0.6 is 11.3 Å². The Labute approximate surface area is 340 Å². The van der Waals surface area contributed by atoms with E-state index < -0.39 is 29.1 Å². The number of thiophene rings is 1. The zero-order valence-electron chi connectivity index (χ0n) is 34.6. The molecule has 6 nitrogen and oxygen atoms in total. The first-order valence-electron chi connectivity index (χ1n) is 20.1. The van der Waals surface area contributed by atoms with Crippen LogP contribution in [0.1, 0.15) is 127 Å². The largest absolute Gasteiger partial charge is 0.493 e. The van der Waals surface area contributed by atoms with Crippen molar-refractivity contribution in [2.75, 3.05) is 13.2 Å². The molecule has 11 heteroatoms. The van der Waals surface area contributed by atoms with Gasteiger partial charge < -0.3 is 20.3 Å². The van der Waals surface area contributed by atoms with Crippen molar-refractivity contribution >= 4 is 28.7 Å². The van der Waals surface area contributed by atoms with Crippen molar-refractivity contribution in [1.29, 1.82) is 0 Å². The quantitative estimate of drug-likeness (QED) is 0.111. The molecule has 1 aliphatic heterocycles. The van der Waals surface area contributed by atoms with Gasteiger partial charge in [-0.15, -0.1) is 11.3 Å². The summed E-state index contributed by atoms with van der Waals surface area (Å²) in [6.07, 6.45) is 5.91. The van der Waals surface area contributed by atoms with Crippen molar-refractivity contribution in [1.82, 2.24) is 5.32 Å². The Morgan fingerprint density at radius 1 is 1.02 bits per heavy atom. The number of ketones is 1. The number of hydrogen-bond acceptors (Lipinski definition) is 6. The summed E-state index contributed by atoms with van der Waals surface area (Å²) in [4.78, 5) is 26.2. The number of alkyl halides is 3. The lowest BCUT2D eigenvalue weighted by atomic mass is 9.73. The van der Waals surface area contributed by atoms with Gasteiger partial charge in [0, 0.05) is 27.3 Å². The van der Waals surface area contributed by atoms with Gasteiger partial charge >= 0.3 is 6.18 Å². The lowest BCUT2D eigenvalue weighted by molar-refractivity contribution is -0.140. The summed E-state index contributed by atoms with van der Waals surface area (Å²) < 4.78 is 58.7. The maximum atomic E-state index is 13.7. The fourth-order valence-corrected chi connectivity index (χ4v) is 7.80. The summed E-state index contributed by atoms with van der Waals surface area (Å²) in [6, 6.07) is 13.2. The van der Waals surface area contributed by atoms with Gasteiger partial charge in [0.15, 0.2) is 5.78 Å². The minimum absolute atomic E-state index is 0.132. The number of allylic oxidation sites excluding steroid dienone is 3. The van der Waals surface area contributed by atoms with E-state index in [2.05, 4.69) is 51.2 Å². The van der Waals surface area contributed by atoms with Crippen LogP contribution in [0.3, 0.4) is 0 Å². The summed E-state index contributed by atoms with van der Waals surface area (Å²) in [5.41, 5.74) is 3.29. The number of carbonyl (C=O) groups excluding carboxylic acids is 2. The van der Waals surface area contributed by atoms with Crippen LogP contribution < -0.4 is 10.1 Å². The SMILES string of the molecule is CC(=O)C=C1CCC1.CCCC1(CCC(C)CC)CCC(C)=C(c2ccc(F)c(C(F)(F)F)c2)NC1=O.Cc1ccc(-c2ccc(OCCC(O)CO)cc2C)s1. The van der Waals surface area contributed by atoms with Crippen LogP contribution in [0.25, 0.3) is 16.1 Å². The minimum atomic E-state index is -4.79. The number of nitrogens with one attached hydrogen (secondary N) is 1. The Morgan fingerprint density at radius 2 is 1.74 bits per heavy atom. The van der Waals surface area contributed by atoms with Crippen LogP contribution in [0.5, 0.6) is 5.75 Å². The number of benzene rings is 2. The molecule has 3 unspecified atom stereocenters. The fraction of sp³-hybridized carbons (Fsp3) is 0.522. The van der Waals surface area contributed by atoms with Gasteiger partial charge in [0.05, 0.1) is 24.9 Å². The second-order valence-corrected chi connectivity index (χ2v) is 16.8. The maximum Gasteiger partial charge on any atom is 0.419 e. The van der Waals surface area contributed by atoms with Crippen LogP contribution in [-0.2, 0) is 15.8 Å². The molecule has 2 heterocycles. The van der Waals surface area contributed by atoms with Crippen LogP contribution in [0, 0.1) is 31.0 Å². The Kier molecular flexibility index (Phi) is 18.7. The smallest absolute Gasteiger partial charge is 0.419 e. The molecule has 0 bridgehead atoms. The van der Waals surface area contributed by atoms with Crippen molar-refractivity contribution in [2.45, 2.75) is 131 Å². The molecule has 314 valence electrons. The predicted octanol–water partition coefficient (Wildman–Crippen LogP) is 11.9. The first kappa shape index (κ1) is 47.6. The highest BCUT2D eigenvalue weighted by Crippen LogP contribution is 2.42. The van der Waals surface area contributed by atoms with Gasteiger partial charge in [-0.05, 0) is 162 Å². The van der Waals surface area contributed by atoms with Crippen LogP contribution in [0.4, 0.5) is 17.6 Å². The van der Waals surface area contributed by atoms with E-state index in [1.54, 1.807) is 24.3 Å². The van der Waals surface area contributed by atoms with E-state index in [1.807, 2.05) is 26.0 Å². The molecular formula is C46H61F4NO5S. The summed E-state index contributed by atoms with van der Waals surface area (Å²) >= 11 is 1.78. The molecule has 0 spiro atoms. The van der Waals surface area contributed by atoms with Crippen molar-refractivity contribution in [3.05, 3.63) is 93.1 Å². The molecule has 5 rings (SSSR count). The Bertz CT molecular complexity index is 1840. The van der Waals surface area contributed by atoms with Crippen LogP contribution in [-0.4, -0.2) is 41.2 Å². The van der Waals surface area contributed by atoms with Gasteiger partial charge in [-0.1, -0.05) is 39.2 Å². The summed E-state index contributed by atoms with van der Waals surface area (Å²) in [5.74, 6) is 0.0600. The van der Waals surface area contributed by atoms with E-state index in [-0.39, 0.29) is 23.9 Å². The molecular weight excluding hydrogens is 755 g/mol. The molecule has 1 amide bonds. The van der Waals surface area contributed by atoms with E-state index in [9.17, 15) is 32.3 Å². The highest BCUT2D eigenvalue weighted by atomic mass is 32.1. The van der Waals surface area contributed by atoms with Crippen molar-refractivity contribution in [3.63, 3.8) is 0 Å². The van der Waals surface area contributed by atoms with Crippen LogP contribution in [0.15, 0.2) is 65.8 Å². The predicted molar refractivity (Wildman–Crippen MR) is 222 cm³/mol. The molecule has 57 heavy (non-hydrogen) atoms. The van der Waals surface area contributed by atoms with Gasteiger partial charge in [-0.3, -0.25) is 9.59 Å². The molecule has 1 saturated carbocycles. The average molecular weight is 816 g/mol. The monoisotopic (exact) mass is 815 g/mol. The van der Waals surface area contributed by atoms with Gasteiger partial charge in [0.1, 0.15) is 11.6 Å². The van der Waals surface area contributed by atoms with E-state index in [1.165, 1.54) is 38.9 Å². The van der Waals surface area contributed by atoms with Gasteiger partial charge in [0.2, 0.25) is 5.91 Å². The van der Waals surface area contributed by atoms with Crippen molar-refractivity contribution in [3.8, 4) is 16.2 Å². The lowest BCUT2D eigenvalue weighted by Gasteiger charge is -2.32. The number of hydrogen-bond donors (Lipinski definition) is 3. The first-order valence-corrected chi connectivity index (χ1v) is 20.9. The molecule has 1 aromatic heterocycles. The Balaban J connectivity index is 0.000000266. The summed E-state index contributed by atoms with van der Waals surface area (Å²) in [5, 5.41) is 20.9. The van der Waals surface area contributed by atoms with Crippen LogP contribution in [0.2, 0.25) is 0 Å². The molecule has 3 aromatic rings. The third kappa shape index (κ3) is 14.5. The number of halogens is 4. The number of aliphatic hydroxyl groups is 2. The lowest BCUT2D eigenvalue weighted by Crippen LogP contribution is -2.39. The summed E-state index contributed by atoms with van der Waals surface area (Å²) in [7, 11) is 0. The normalized spacial score (nSPS) is 17.8. The van der Waals surface area contributed by atoms with E-state index in [4.69, 9.17) is 9.84 Å². The molecule has 2 aromatic carbocycles. The number of ether oxygens (including phenoxy) is 1. The van der Waals surface area contributed by atoms with E-state index in [0.29, 0.717) is 37.5 Å². The molecule has 0 radical (unpaired) electrons. The Hall–Kier alpha value is -3.80. The number of aliphatic hydroxyl groups excluding tert-OH is 2. The highest BCUT2D eigenvalue weighted by Gasteiger charge is 2.40. The minimum Gasteiger partial charge on any atom is -0.493 e. The van der Waals surface area contributed by atoms with E-state index in [0.717, 1.165) is 68.4 Å². The number of rotatable bonds is 14. The van der Waals surface area contributed by atoms with Crippen molar-refractivity contribution < 1.29 is 42.1 Å². The second kappa shape index (κ2) is 22.4. The highest BCUT2D eigenvalue weighted by molar-refractivity contribution is 7.15. The first-order chi connectivity index (χ1) is 26.9. The standard InChI is InChI=1S/C23H31F4NO.C16H20O3S.C7H10O/c1-5-11-22(12-9-15(3)6-2)13-10-16(4)20(28-21(22)29)17-7-8-19(24)18(14-17)23(25,26)27;1-11-9-14(19-8-7-13(18)10-17)4-5-15(11)16-6-3-12(2)20-16;1-6(8)5-7-3-2-4-7/h7-8,14-15H,5-6,9-13H2,1-4H3,(H,28,29);3-6,9,13,17-18H,7-8,10H2,1-2H3;5H,2-4H2,1H3. The fourth-order valence-electron chi connectivity index (χ4n) is 6.84. The molecule has 3 atom stereocenters. The molecule has 3 N–H and O–H groups in total. The average Bonchev–Trinajstić information content (AvgIpc) is 3.53. The number of amides is 1. The number of aryl methyl sites for hydroxylation is 2. The molecule has 2 aliphatic rings. The summed E-state index contributed by atoms with van der Waals surface area (Å²) in [6.45, 7) is 14.1.